The number of aliphatic hydroxyl groups is 8. The second-order valence-corrected chi connectivity index (χ2v) is 16.7. The van der Waals surface area contributed by atoms with Crippen molar-refractivity contribution in [2.24, 2.45) is 5.92 Å². The monoisotopic (exact) mass is 848 g/mol. The summed E-state index contributed by atoms with van der Waals surface area (Å²) < 4.78 is 23.5. The highest BCUT2D eigenvalue weighted by Crippen LogP contribution is 2.33. The van der Waals surface area contributed by atoms with E-state index in [1.165, 1.54) is 38.5 Å². The number of carbonyl (C=O) groups excluding carboxylic acids is 4. The number of rotatable bonds is 22. The second kappa shape index (κ2) is 23.6. The molecule has 0 saturated carbocycles. The van der Waals surface area contributed by atoms with E-state index in [9.17, 15) is 60.0 Å². The van der Waals surface area contributed by atoms with Crippen molar-refractivity contribution < 1.29 is 79.0 Å². The molecule has 20 nitrogen and oxygen atoms in total. The minimum atomic E-state index is -1.81. The van der Waals surface area contributed by atoms with Crippen LogP contribution in [-0.4, -0.2) is 175 Å². The van der Waals surface area contributed by atoms with Gasteiger partial charge in [0.05, 0.1) is 18.8 Å². The lowest BCUT2D eigenvalue weighted by Gasteiger charge is -2.47. The van der Waals surface area contributed by atoms with E-state index in [1.807, 2.05) is 0 Å². The second-order valence-electron chi connectivity index (χ2n) is 16.7. The minimum Gasteiger partial charge on any atom is -0.394 e. The third-order valence-corrected chi connectivity index (χ3v) is 11.5. The van der Waals surface area contributed by atoms with Crippen LogP contribution in [0, 0.1) is 5.92 Å². The summed E-state index contributed by atoms with van der Waals surface area (Å²) in [4.78, 5) is 50.4. The van der Waals surface area contributed by atoms with Gasteiger partial charge in [0.2, 0.25) is 17.7 Å². The number of urea groups is 1. The van der Waals surface area contributed by atoms with Gasteiger partial charge in [-0.25, -0.2) is 4.79 Å². The number of ether oxygens (including phenoxy) is 4. The summed E-state index contributed by atoms with van der Waals surface area (Å²) in [5, 5.41) is 93.8. The van der Waals surface area contributed by atoms with Crippen molar-refractivity contribution in [3.8, 4) is 0 Å². The molecule has 4 fully saturated rings. The summed E-state index contributed by atoms with van der Waals surface area (Å²) in [5.74, 6) is -0.953. The van der Waals surface area contributed by atoms with Gasteiger partial charge in [0.15, 0.2) is 18.8 Å². The van der Waals surface area contributed by atoms with E-state index < -0.39 is 129 Å². The van der Waals surface area contributed by atoms with Crippen LogP contribution in [-0.2, 0) is 33.3 Å². The zero-order chi connectivity index (χ0) is 43.4. The largest absolute Gasteiger partial charge is 0.394 e. The third kappa shape index (κ3) is 13.7. The number of nitrogens with zero attached hydrogens (tertiary/aromatic N) is 1. The Balaban J connectivity index is 1.40. The molecule has 0 aromatic rings. The van der Waals surface area contributed by atoms with Crippen molar-refractivity contribution in [2.75, 3.05) is 13.2 Å². The number of hydrogen-bond donors (Lipinski definition) is 11. The molecular weight excluding hydrogens is 780 g/mol. The number of carbonyl (C=O) groups is 4. The minimum absolute atomic E-state index is 0.0690. The first kappa shape index (κ1) is 49.1. The highest BCUT2D eigenvalue weighted by Gasteiger charge is 2.54. The summed E-state index contributed by atoms with van der Waals surface area (Å²) in [6, 6.07) is -3.79. The lowest BCUT2D eigenvalue weighted by atomic mass is 9.91. The molecule has 4 aliphatic rings. The normalized spacial score (nSPS) is 35.8. The van der Waals surface area contributed by atoms with Crippen LogP contribution in [0.5, 0.6) is 0 Å². The van der Waals surface area contributed by atoms with Crippen LogP contribution in [0.1, 0.15) is 111 Å². The van der Waals surface area contributed by atoms with Gasteiger partial charge in [0, 0.05) is 32.7 Å². The number of nitrogens with one attached hydrogen (secondary N) is 3. The topological polar surface area (TPSA) is 306 Å². The lowest BCUT2D eigenvalue weighted by Crippen LogP contribution is -2.69. The molecule has 0 spiro atoms. The molecule has 0 aromatic heterocycles. The number of aliphatic hydroxyl groups excluding tert-OH is 8. The van der Waals surface area contributed by atoms with Crippen molar-refractivity contribution in [3.63, 3.8) is 0 Å². The van der Waals surface area contributed by atoms with E-state index in [0.717, 1.165) is 43.4 Å². The van der Waals surface area contributed by atoms with Gasteiger partial charge in [-0.05, 0) is 12.3 Å². The molecule has 0 radical (unpaired) electrons. The Hall–Kier alpha value is -2.60. The predicted molar refractivity (Wildman–Crippen MR) is 205 cm³/mol. The zero-order valence-electron chi connectivity index (χ0n) is 34.3. The van der Waals surface area contributed by atoms with Gasteiger partial charge in [0.25, 0.3) is 0 Å². The smallest absolute Gasteiger partial charge is 0.326 e. The Morgan fingerprint density at radius 3 is 1.86 bits per heavy atom. The van der Waals surface area contributed by atoms with E-state index >= 15 is 0 Å². The van der Waals surface area contributed by atoms with Crippen LogP contribution in [0.2, 0.25) is 0 Å². The van der Waals surface area contributed by atoms with Crippen LogP contribution in [0.4, 0.5) is 4.79 Å². The van der Waals surface area contributed by atoms with Crippen LogP contribution in [0.15, 0.2) is 0 Å². The molecule has 15 atom stereocenters. The first-order valence-corrected chi connectivity index (χ1v) is 21.2. The fourth-order valence-electron chi connectivity index (χ4n) is 8.08. The van der Waals surface area contributed by atoms with Crippen LogP contribution in [0.3, 0.4) is 0 Å². The Kier molecular flexibility index (Phi) is 19.6. The standard InChI is InChI=1S/C39H68N4O16/c1-20(2)14-12-10-8-6-4-5-7-9-11-13-15-25(47)41-28-32(52)29(49)23(56-38(28)59-37-27(40-21(3)45)31(51)30(50)24(19-44)57-37)18-22(46)35-33(53)34(54)36(58-35)43-17-16-26(48)42-39(43)55/h20,22-24,27-38,44,46,49-54H,4-19H2,1-3H3,(H,40,45)(H,41,47)(H,42,48,55). The molecule has 20 heteroatoms. The van der Waals surface area contributed by atoms with Gasteiger partial charge in [-0.1, -0.05) is 78.1 Å². The molecule has 15 unspecified atom stereocenters. The van der Waals surface area contributed by atoms with Crippen molar-refractivity contribution in [1.29, 1.82) is 0 Å². The molecule has 59 heavy (non-hydrogen) atoms. The molecule has 4 aliphatic heterocycles. The molecule has 0 bridgehead atoms. The highest BCUT2D eigenvalue weighted by atomic mass is 16.8. The van der Waals surface area contributed by atoms with E-state index in [1.54, 1.807) is 0 Å². The van der Waals surface area contributed by atoms with Crippen molar-refractivity contribution >= 4 is 23.8 Å². The first-order valence-electron chi connectivity index (χ1n) is 21.2. The number of unbranched alkanes of at least 4 members (excludes halogenated alkanes) is 9. The van der Waals surface area contributed by atoms with Crippen molar-refractivity contribution in [1.82, 2.24) is 20.9 Å². The van der Waals surface area contributed by atoms with Crippen molar-refractivity contribution in [3.05, 3.63) is 0 Å². The SMILES string of the molecule is CC(=O)NC1C(OC2OC(CC(O)C3OC(N4CCC(=O)NC4=O)C(O)C3O)C(O)C(O)C2NC(=O)CCCCCCCCCCCCC(C)C)OC(CO)C(O)C1O. The molecule has 5 amide bonds. The summed E-state index contributed by atoms with van der Waals surface area (Å²) in [7, 11) is 0. The first-order chi connectivity index (χ1) is 28.0. The van der Waals surface area contributed by atoms with Crippen LogP contribution >= 0.6 is 0 Å². The van der Waals surface area contributed by atoms with E-state index in [0.29, 0.717) is 6.42 Å². The van der Waals surface area contributed by atoms with Gasteiger partial charge in [-0.3, -0.25) is 24.6 Å². The maximum Gasteiger partial charge on any atom is 0.326 e. The van der Waals surface area contributed by atoms with E-state index in [2.05, 4.69) is 29.8 Å². The Labute approximate surface area is 344 Å². The fourth-order valence-corrected chi connectivity index (χ4v) is 8.08. The number of imide groups is 1. The Morgan fingerprint density at radius 2 is 1.31 bits per heavy atom. The van der Waals surface area contributed by atoms with E-state index in [4.69, 9.17) is 18.9 Å². The average Bonchev–Trinajstić information content (AvgIpc) is 3.47. The molecule has 0 aliphatic carbocycles. The molecule has 0 aromatic carbocycles. The maximum atomic E-state index is 13.2. The molecule has 340 valence electrons. The number of hydrogen-bond acceptors (Lipinski definition) is 16. The summed E-state index contributed by atoms with van der Waals surface area (Å²) >= 11 is 0. The van der Waals surface area contributed by atoms with Crippen molar-refractivity contribution in [2.45, 2.75) is 203 Å². The Morgan fingerprint density at radius 1 is 0.763 bits per heavy atom. The summed E-state index contributed by atoms with van der Waals surface area (Å²) in [5.41, 5.74) is 0. The zero-order valence-corrected chi connectivity index (χ0v) is 34.3. The number of amides is 5. The molecule has 4 saturated heterocycles. The van der Waals surface area contributed by atoms with Gasteiger partial charge in [0.1, 0.15) is 60.9 Å². The molecular formula is C39H68N4O16. The van der Waals surface area contributed by atoms with Gasteiger partial charge in [-0.2, -0.15) is 0 Å². The van der Waals surface area contributed by atoms with Gasteiger partial charge < -0.3 is 70.4 Å². The summed E-state index contributed by atoms with van der Waals surface area (Å²) in [6.45, 7) is 4.72. The molecule has 11 N–H and O–H groups in total. The van der Waals surface area contributed by atoms with Crippen LogP contribution < -0.4 is 16.0 Å². The summed E-state index contributed by atoms with van der Waals surface area (Å²) in [6.07, 6.45) is -10.1. The van der Waals surface area contributed by atoms with Crippen LogP contribution in [0.25, 0.3) is 0 Å². The fraction of sp³-hybridized carbons (Fsp3) is 0.897. The van der Waals surface area contributed by atoms with Gasteiger partial charge in [-0.15, -0.1) is 0 Å². The lowest BCUT2D eigenvalue weighted by molar-refractivity contribution is -0.347. The predicted octanol–water partition coefficient (Wildman–Crippen LogP) is -1.64. The molecule has 4 rings (SSSR count). The van der Waals surface area contributed by atoms with E-state index in [-0.39, 0.29) is 19.4 Å². The third-order valence-electron chi connectivity index (χ3n) is 11.5. The Bertz CT molecular complexity index is 1350. The average molecular weight is 849 g/mol. The molecule has 4 heterocycles. The highest BCUT2D eigenvalue weighted by molar-refractivity contribution is 5.96. The maximum absolute atomic E-state index is 13.2. The quantitative estimate of drug-likeness (QED) is 0.0544. The van der Waals surface area contributed by atoms with Gasteiger partial charge >= 0.3 is 6.03 Å².